The lowest BCUT2D eigenvalue weighted by molar-refractivity contribution is 0.0479. The van der Waals surface area contributed by atoms with E-state index in [1.165, 1.54) is 0 Å². The van der Waals surface area contributed by atoms with Crippen molar-refractivity contribution in [2.45, 2.75) is 13.0 Å². The summed E-state index contributed by atoms with van der Waals surface area (Å²) in [6, 6.07) is 5.26. The first kappa shape index (κ1) is 17.9. The van der Waals surface area contributed by atoms with Crippen LogP contribution in [0.15, 0.2) is 22.7 Å². The summed E-state index contributed by atoms with van der Waals surface area (Å²) in [5.41, 5.74) is 0.599. The van der Waals surface area contributed by atoms with Gasteiger partial charge in [-0.15, -0.1) is 0 Å². The highest BCUT2D eigenvalue weighted by Gasteiger charge is 2.22. The van der Waals surface area contributed by atoms with Crippen molar-refractivity contribution in [1.29, 1.82) is 0 Å². The second-order valence-corrected chi connectivity index (χ2v) is 5.50. The molecule has 1 aromatic rings. The van der Waals surface area contributed by atoms with Gasteiger partial charge in [-0.25, -0.2) is 0 Å². The third kappa shape index (κ3) is 4.98. The Balaban J connectivity index is 2.95. The van der Waals surface area contributed by atoms with Crippen LogP contribution < -0.4 is 4.74 Å². The quantitative estimate of drug-likeness (QED) is 0.715. The van der Waals surface area contributed by atoms with E-state index < -0.39 is 0 Å². The second kappa shape index (κ2) is 9.02. The lowest BCUT2D eigenvalue weighted by Gasteiger charge is -2.29. The van der Waals surface area contributed by atoms with Crippen molar-refractivity contribution in [2.24, 2.45) is 0 Å². The molecule has 0 aliphatic carbocycles. The number of hydrogen-bond acceptors (Lipinski definition) is 4. The summed E-state index contributed by atoms with van der Waals surface area (Å²) in [6.45, 7) is 3.43. The van der Waals surface area contributed by atoms with Crippen LogP contribution in [0, 0.1) is 0 Å². The number of carbonyl (C=O) groups is 1. The Hall–Kier alpha value is -1.11. The lowest BCUT2D eigenvalue weighted by atomic mass is 10.1. The van der Waals surface area contributed by atoms with Gasteiger partial charge in [0, 0.05) is 26.3 Å². The normalized spacial score (nSPS) is 12.0. The Morgan fingerprint density at radius 2 is 2.00 bits per heavy atom. The maximum atomic E-state index is 12.7. The van der Waals surface area contributed by atoms with Gasteiger partial charge in [0.2, 0.25) is 0 Å². The molecular weight excluding hydrogens is 338 g/mol. The number of rotatable bonds is 8. The van der Waals surface area contributed by atoms with Crippen LogP contribution in [0.4, 0.5) is 0 Å². The van der Waals surface area contributed by atoms with Gasteiger partial charge in [-0.05, 0) is 41.1 Å². The first-order valence-electron chi connectivity index (χ1n) is 6.67. The van der Waals surface area contributed by atoms with Crippen molar-refractivity contribution < 1.29 is 19.0 Å². The van der Waals surface area contributed by atoms with Gasteiger partial charge in [0.05, 0.1) is 30.8 Å². The van der Waals surface area contributed by atoms with E-state index in [9.17, 15) is 4.79 Å². The molecule has 118 valence electrons. The summed E-state index contributed by atoms with van der Waals surface area (Å²) in [4.78, 5) is 14.4. The number of halogens is 1. The minimum Gasteiger partial charge on any atom is -0.496 e. The van der Waals surface area contributed by atoms with Gasteiger partial charge >= 0.3 is 0 Å². The van der Waals surface area contributed by atoms with Crippen molar-refractivity contribution >= 4 is 21.8 Å². The minimum atomic E-state index is -0.0556. The summed E-state index contributed by atoms with van der Waals surface area (Å²) in [6.07, 6.45) is 0. The molecule has 0 radical (unpaired) electrons. The zero-order valence-electron chi connectivity index (χ0n) is 12.9. The predicted octanol–water partition coefficient (Wildman–Crippen LogP) is 2.58. The topological polar surface area (TPSA) is 48.0 Å². The van der Waals surface area contributed by atoms with E-state index >= 15 is 0 Å². The minimum absolute atomic E-state index is 0.0291. The van der Waals surface area contributed by atoms with E-state index in [0.717, 1.165) is 4.47 Å². The number of carbonyl (C=O) groups excluding carboxylic acids is 1. The molecule has 1 rings (SSSR count). The Morgan fingerprint density at radius 3 is 2.52 bits per heavy atom. The molecule has 5 nitrogen and oxygen atoms in total. The van der Waals surface area contributed by atoms with E-state index in [1.807, 2.05) is 6.92 Å². The zero-order valence-corrected chi connectivity index (χ0v) is 14.5. The first-order chi connectivity index (χ1) is 10.0. The number of hydrogen-bond donors (Lipinski definition) is 0. The number of amides is 1. The molecule has 0 aliphatic rings. The van der Waals surface area contributed by atoms with Gasteiger partial charge < -0.3 is 19.1 Å². The first-order valence-corrected chi connectivity index (χ1v) is 7.46. The van der Waals surface area contributed by atoms with E-state index in [0.29, 0.717) is 31.1 Å². The summed E-state index contributed by atoms with van der Waals surface area (Å²) >= 11 is 3.40. The fraction of sp³-hybridized carbons (Fsp3) is 0.533. The van der Waals surface area contributed by atoms with Crippen LogP contribution in [0.3, 0.4) is 0 Å². The van der Waals surface area contributed by atoms with Gasteiger partial charge in [-0.3, -0.25) is 4.79 Å². The van der Waals surface area contributed by atoms with E-state index in [-0.39, 0.29) is 11.9 Å². The lowest BCUT2D eigenvalue weighted by Crippen LogP contribution is -2.43. The van der Waals surface area contributed by atoms with Crippen LogP contribution in [0.25, 0.3) is 0 Å². The van der Waals surface area contributed by atoms with E-state index in [2.05, 4.69) is 15.9 Å². The largest absolute Gasteiger partial charge is 0.496 e. The molecule has 0 bridgehead atoms. The average molecular weight is 360 g/mol. The van der Waals surface area contributed by atoms with Gasteiger partial charge in [-0.2, -0.15) is 0 Å². The summed E-state index contributed by atoms with van der Waals surface area (Å²) < 4.78 is 16.2. The summed E-state index contributed by atoms with van der Waals surface area (Å²) in [5, 5.41) is 0. The highest BCUT2D eigenvalue weighted by molar-refractivity contribution is 9.10. The highest BCUT2D eigenvalue weighted by Crippen LogP contribution is 2.26. The fourth-order valence-electron chi connectivity index (χ4n) is 2.01. The van der Waals surface area contributed by atoms with E-state index in [1.54, 1.807) is 44.4 Å². The van der Waals surface area contributed by atoms with Crippen molar-refractivity contribution in [3.8, 4) is 5.75 Å². The molecule has 21 heavy (non-hydrogen) atoms. The smallest absolute Gasteiger partial charge is 0.254 e. The van der Waals surface area contributed by atoms with Crippen molar-refractivity contribution in [3.63, 3.8) is 0 Å². The second-order valence-electron chi connectivity index (χ2n) is 4.65. The molecule has 0 fully saturated rings. The van der Waals surface area contributed by atoms with Crippen LogP contribution in [0.5, 0.6) is 5.75 Å². The third-order valence-corrected chi connectivity index (χ3v) is 3.76. The average Bonchev–Trinajstić information content (AvgIpc) is 2.47. The SMILES string of the molecule is COCCN(C(=O)c1ccc(OC)c(Br)c1)C(C)COC. The number of nitrogens with zero attached hydrogens (tertiary/aromatic N) is 1. The molecular formula is C15H22BrNO4. The molecule has 0 heterocycles. The third-order valence-electron chi connectivity index (χ3n) is 3.14. The van der Waals surface area contributed by atoms with E-state index in [4.69, 9.17) is 14.2 Å². The number of benzene rings is 1. The Bertz CT molecular complexity index is 467. The Morgan fingerprint density at radius 1 is 1.29 bits per heavy atom. The molecule has 0 aliphatic heterocycles. The van der Waals surface area contributed by atoms with Crippen molar-refractivity contribution in [1.82, 2.24) is 4.90 Å². The maximum Gasteiger partial charge on any atom is 0.254 e. The van der Waals surface area contributed by atoms with Crippen LogP contribution in [0.1, 0.15) is 17.3 Å². The van der Waals surface area contributed by atoms with Crippen molar-refractivity contribution in [2.75, 3.05) is 41.1 Å². The van der Waals surface area contributed by atoms with Crippen LogP contribution in [-0.2, 0) is 9.47 Å². The standard InChI is InChI=1S/C15H22BrNO4/c1-11(10-20-3)17(7-8-19-2)15(18)12-5-6-14(21-4)13(16)9-12/h5-6,9,11H,7-8,10H2,1-4H3. The highest BCUT2D eigenvalue weighted by atomic mass is 79.9. The summed E-state index contributed by atoms with van der Waals surface area (Å²) in [5.74, 6) is 0.639. The molecule has 6 heteroatoms. The summed E-state index contributed by atoms with van der Waals surface area (Å²) in [7, 11) is 4.83. The molecule has 1 atom stereocenters. The Labute approximate surface area is 134 Å². The van der Waals surface area contributed by atoms with Gasteiger partial charge in [0.1, 0.15) is 5.75 Å². The van der Waals surface area contributed by atoms with Crippen LogP contribution >= 0.6 is 15.9 Å². The van der Waals surface area contributed by atoms with Gasteiger partial charge in [0.25, 0.3) is 5.91 Å². The number of ether oxygens (including phenoxy) is 3. The Kier molecular flexibility index (Phi) is 7.71. The molecule has 0 spiro atoms. The molecule has 0 aromatic heterocycles. The van der Waals surface area contributed by atoms with Gasteiger partial charge in [-0.1, -0.05) is 0 Å². The maximum absolute atomic E-state index is 12.7. The van der Waals surface area contributed by atoms with Crippen LogP contribution in [0.2, 0.25) is 0 Å². The molecule has 0 saturated carbocycles. The van der Waals surface area contributed by atoms with Crippen LogP contribution in [-0.4, -0.2) is 57.9 Å². The van der Waals surface area contributed by atoms with Crippen molar-refractivity contribution in [3.05, 3.63) is 28.2 Å². The predicted molar refractivity (Wildman–Crippen MR) is 84.9 cm³/mol. The molecule has 1 amide bonds. The molecule has 1 aromatic carbocycles. The monoisotopic (exact) mass is 359 g/mol. The molecule has 1 unspecified atom stereocenters. The zero-order chi connectivity index (χ0) is 15.8. The molecule has 0 saturated heterocycles. The molecule has 0 N–H and O–H groups in total. The fourth-order valence-corrected chi connectivity index (χ4v) is 2.55. The van der Waals surface area contributed by atoms with Gasteiger partial charge in [0.15, 0.2) is 0 Å². The number of methoxy groups -OCH3 is 3.